The van der Waals surface area contributed by atoms with Crippen LogP contribution in [0.25, 0.3) is 0 Å². The van der Waals surface area contributed by atoms with E-state index in [-0.39, 0.29) is 0 Å². The van der Waals surface area contributed by atoms with Crippen LogP contribution in [0.3, 0.4) is 0 Å². The van der Waals surface area contributed by atoms with E-state index in [1.165, 1.54) is 0 Å². The van der Waals surface area contributed by atoms with Gasteiger partial charge < -0.3 is 10.5 Å². The van der Waals surface area contributed by atoms with E-state index in [1.54, 1.807) is 13.2 Å². The van der Waals surface area contributed by atoms with E-state index in [9.17, 15) is 0 Å². The number of nitrogens with two attached hydrogens (primary N) is 1. The molecule has 1 aromatic rings. The van der Waals surface area contributed by atoms with Crippen LogP contribution in [0, 0.1) is 0 Å². The van der Waals surface area contributed by atoms with E-state index < -0.39 is 0 Å². The third-order valence-corrected chi connectivity index (χ3v) is 2.70. The summed E-state index contributed by atoms with van der Waals surface area (Å²) < 4.78 is 5.19. The molecule has 0 radical (unpaired) electrons. The summed E-state index contributed by atoms with van der Waals surface area (Å²) >= 11 is 11.8. The fraction of sp³-hybridized carbons (Fsp3) is 0.400. The van der Waals surface area contributed by atoms with Crippen LogP contribution in [0.15, 0.2) is 12.1 Å². The van der Waals surface area contributed by atoms with Crippen LogP contribution in [0.4, 0.5) is 0 Å². The summed E-state index contributed by atoms with van der Waals surface area (Å²) in [5, 5.41) is 1.07. The highest BCUT2D eigenvalue weighted by atomic mass is 35.5. The van der Waals surface area contributed by atoms with E-state index in [2.05, 4.69) is 0 Å². The summed E-state index contributed by atoms with van der Waals surface area (Å²) in [7, 11) is 1.62. The molecule has 0 bridgehead atoms. The molecule has 0 aliphatic rings. The summed E-state index contributed by atoms with van der Waals surface area (Å²) in [6, 6.07) is 3.56. The SMILES string of the molecule is COc1cc(Cl)c(Cl)cc1CCCN. The maximum absolute atomic E-state index is 5.90. The predicted molar refractivity (Wildman–Crippen MR) is 60.4 cm³/mol. The Morgan fingerprint density at radius 3 is 2.50 bits per heavy atom. The van der Waals surface area contributed by atoms with Crippen molar-refractivity contribution in [1.29, 1.82) is 0 Å². The molecule has 0 unspecified atom stereocenters. The van der Waals surface area contributed by atoms with Crippen molar-refractivity contribution >= 4 is 23.2 Å². The maximum atomic E-state index is 5.90. The summed E-state index contributed by atoms with van der Waals surface area (Å²) in [4.78, 5) is 0. The molecular weight excluding hydrogens is 221 g/mol. The van der Waals surface area contributed by atoms with Gasteiger partial charge in [-0.3, -0.25) is 0 Å². The molecule has 1 rings (SSSR count). The van der Waals surface area contributed by atoms with Crippen LogP contribution >= 0.6 is 23.2 Å². The Morgan fingerprint density at radius 2 is 1.93 bits per heavy atom. The molecule has 0 atom stereocenters. The largest absolute Gasteiger partial charge is 0.496 e. The van der Waals surface area contributed by atoms with Crippen LogP contribution in [0.2, 0.25) is 10.0 Å². The lowest BCUT2D eigenvalue weighted by molar-refractivity contribution is 0.409. The third kappa shape index (κ3) is 2.77. The van der Waals surface area contributed by atoms with E-state index >= 15 is 0 Å². The van der Waals surface area contributed by atoms with E-state index in [0.717, 1.165) is 24.2 Å². The molecule has 0 spiro atoms. The number of ether oxygens (including phenoxy) is 1. The number of hydrogen-bond donors (Lipinski definition) is 1. The first kappa shape index (κ1) is 11.6. The monoisotopic (exact) mass is 233 g/mol. The zero-order valence-corrected chi connectivity index (χ0v) is 9.53. The molecule has 0 aliphatic heterocycles. The van der Waals surface area contributed by atoms with Crippen molar-refractivity contribution in [2.45, 2.75) is 12.8 Å². The number of methoxy groups -OCH3 is 1. The van der Waals surface area contributed by atoms with Crippen LogP contribution in [-0.2, 0) is 6.42 Å². The molecule has 2 nitrogen and oxygen atoms in total. The summed E-state index contributed by atoms with van der Waals surface area (Å²) in [6.45, 7) is 0.656. The quantitative estimate of drug-likeness (QED) is 0.869. The minimum absolute atomic E-state index is 0.514. The van der Waals surface area contributed by atoms with Gasteiger partial charge in [0.2, 0.25) is 0 Å². The molecular formula is C10H13Cl2NO. The number of halogens is 2. The lowest BCUT2D eigenvalue weighted by atomic mass is 10.1. The Hall–Kier alpha value is -0.440. The molecule has 0 saturated carbocycles. The molecule has 0 aliphatic carbocycles. The minimum atomic E-state index is 0.514. The number of benzene rings is 1. The van der Waals surface area contributed by atoms with Gasteiger partial charge in [0, 0.05) is 6.07 Å². The van der Waals surface area contributed by atoms with Crippen molar-refractivity contribution in [1.82, 2.24) is 0 Å². The molecule has 0 saturated heterocycles. The average Bonchev–Trinajstić information content (AvgIpc) is 2.19. The van der Waals surface area contributed by atoms with Crippen LogP contribution in [0.5, 0.6) is 5.75 Å². The molecule has 14 heavy (non-hydrogen) atoms. The van der Waals surface area contributed by atoms with Gasteiger partial charge in [-0.15, -0.1) is 0 Å². The Balaban J connectivity index is 2.95. The highest BCUT2D eigenvalue weighted by molar-refractivity contribution is 6.42. The van der Waals surface area contributed by atoms with Crippen molar-refractivity contribution in [3.05, 3.63) is 27.7 Å². The zero-order valence-electron chi connectivity index (χ0n) is 8.02. The first-order chi connectivity index (χ1) is 6.69. The van der Waals surface area contributed by atoms with Crippen molar-refractivity contribution in [2.75, 3.05) is 13.7 Å². The molecule has 4 heteroatoms. The Labute approximate surface area is 94.0 Å². The Morgan fingerprint density at radius 1 is 1.29 bits per heavy atom. The van der Waals surface area contributed by atoms with Gasteiger partial charge in [-0.2, -0.15) is 0 Å². The first-order valence-electron chi connectivity index (χ1n) is 4.41. The smallest absolute Gasteiger partial charge is 0.123 e. The summed E-state index contributed by atoms with van der Waals surface area (Å²) in [6.07, 6.45) is 1.77. The van der Waals surface area contributed by atoms with Gasteiger partial charge >= 0.3 is 0 Å². The Kier molecular flexibility index (Phi) is 4.52. The van der Waals surface area contributed by atoms with Gasteiger partial charge in [0.05, 0.1) is 17.2 Å². The highest BCUT2D eigenvalue weighted by Crippen LogP contribution is 2.31. The van der Waals surface area contributed by atoms with Crippen LogP contribution in [0.1, 0.15) is 12.0 Å². The predicted octanol–water partition coefficient (Wildman–Crippen LogP) is 2.89. The second kappa shape index (κ2) is 5.44. The fourth-order valence-electron chi connectivity index (χ4n) is 1.25. The van der Waals surface area contributed by atoms with Gasteiger partial charge in [-0.25, -0.2) is 0 Å². The minimum Gasteiger partial charge on any atom is -0.496 e. The second-order valence-corrected chi connectivity index (χ2v) is 3.78. The molecule has 0 aromatic heterocycles. The molecule has 2 N–H and O–H groups in total. The first-order valence-corrected chi connectivity index (χ1v) is 5.16. The van der Waals surface area contributed by atoms with Crippen LogP contribution < -0.4 is 10.5 Å². The topological polar surface area (TPSA) is 35.2 Å². The van der Waals surface area contributed by atoms with Gasteiger partial charge in [-0.05, 0) is 31.0 Å². The lowest BCUT2D eigenvalue weighted by Gasteiger charge is -2.09. The second-order valence-electron chi connectivity index (χ2n) is 2.97. The molecule has 78 valence electrons. The number of rotatable bonds is 4. The van der Waals surface area contributed by atoms with Crippen molar-refractivity contribution in [3.8, 4) is 5.75 Å². The van der Waals surface area contributed by atoms with Crippen LogP contribution in [-0.4, -0.2) is 13.7 Å². The van der Waals surface area contributed by atoms with E-state index in [4.69, 9.17) is 33.7 Å². The normalized spacial score (nSPS) is 10.3. The highest BCUT2D eigenvalue weighted by Gasteiger charge is 2.07. The van der Waals surface area contributed by atoms with Gasteiger partial charge in [0.15, 0.2) is 0 Å². The van der Waals surface area contributed by atoms with E-state index in [1.807, 2.05) is 6.07 Å². The molecule has 0 fully saturated rings. The summed E-state index contributed by atoms with van der Waals surface area (Å²) in [5.74, 6) is 0.771. The van der Waals surface area contributed by atoms with Gasteiger partial charge in [0.1, 0.15) is 5.75 Å². The Bertz CT molecular complexity index is 315. The third-order valence-electron chi connectivity index (χ3n) is 1.97. The molecule has 1 aromatic carbocycles. The van der Waals surface area contributed by atoms with Crippen molar-refractivity contribution in [2.24, 2.45) is 5.73 Å². The lowest BCUT2D eigenvalue weighted by Crippen LogP contribution is -2.01. The molecule has 0 heterocycles. The maximum Gasteiger partial charge on any atom is 0.123 e. The summed E-state index contributed by atoms with van der Waals surface area (Å²) in [5.41, 5.74) is 6.48. The van der Waals surface area contributed by atoms with Gasteiger partial charge in [-0.1, -0.05) is 23.2 Å². The van der Waals surface area contributed by atoms with Crippen molar-refractivity contribution < 1.29 is 4.74 Å². The number of hydrogen-bond acceptors (Lipinski definition) is 2. The van der Waals surface area contributed by atoms with Crippen molar-refractivity contribution in [3.63, 3.8) is 0 Å². The van der Waals surface area contributed by atoms with E-state index in [0.29, 0.717) is 16.6 Å². The average molecular weight is 234 g/mol. The molecule has 0 amide bonds. The van der Waals surface area contributed by atoms with Gasteiger partial charge in [0.25, 0.3) is 0 Å². The fourth-order valence-corrected chi connectivity index (χ4v) is 1.59. The standard InChI is InChI=1S/C10H13Cl2NO/c1-14-10-6-9(12)8(11)5-7(10)3-2-4-13/h5-6H,2-4,13H2,1H3. The zero-order chi connectivity index (χ0) is 10.6. The number of aryl methyl sites for hydroxylation is 1.